The maximum atomic E-state index is 12.8. The molecule has 0 amide bonds. The van der Waals surface area contributed by atoms with Crippen molar-refractivity contribution in [3.8, 4) is 34.5 Å². The zero-order valence-electron chi connectivity index (χ0n) is 20.5. The van der Waals surface area contributed by atoms with Gasteiger partial charge in [-0.25, -0.2) is 4.79 Å². The summed E-state index contributed by atoms with van der Waals surface area (Å²) in [6.45, 7) is 4.22. The molecule has 2 aromatic rings. The summed E-state index contributed by atoms with van der Waals surface area (Å²) in [5, 5.41) is 70.4. The fraction of sp³-hybridized carbons (Fsp3) is 0.440. The van der Waals surface area contributed by atoms with Crippen molar-refractivity contribution in [2.45, 2.75) is 64.6 Å². The van der Waals surface area contributed by atoms with E-state index in [9.17, 15) is 45.3 Å². The zero-order valence-corrected chi connectivity index (χ0v) is 20.5. The van der Waals surface area contributed by atoms with Gasteiger partial charge in [-0.2, -0.15) is 0 Å². The predicted molar refractivity (Wildman–Crippen MR) is 126 cm³/mol. The third kappa shape index (κ3) is 5.66. The van der Waals surface area contributed by atoms with Gasteiger partial charge in [0.2, 0.25) is 6.29 Å². The van der Waals surface area contributed by atoms with Gasteiger partial charge in [-0.15, -0.1) is 0 Å². The van der Waals surface area contributed by atoms with E-state index in [4.69, 9.17) is 14.2 Å². The molecule has 4 atom stereocenters. The normalized spacial score (nSPS) is 21.4. The molecule has 1 aliphatic rings. The number of benzene rings is 2. The van der Waals surface area contributed by atoms with Gasteiger partial charge < -0.3 is 50.0 Å². The van der Waals surface area contributed by atoms with E-state index in [1.807, 2.05) is 0 Å². The van der Waals surface area contributed by atoms with Gasteiger partial charge >= 0.3 is 5.97 Å². The van der Waals surface area contributed by atoms with Gasteiger partial charge in [-0.05, 0) is 32.4 Å². The molecule has 37 heavy (non-hydrogen) atoms. The van der Waals surface area contributed by atoms with E-state index in [0.29, 0.717) is 6.42 Å². The van der Waals surface area contributed by atoms with E-state index in [2.05, 4.69) is 0 Å². The summed E-state index contributed by atoms with van der Waals surface area (Å²) in [6, 6.07) is 1.77. The number of phenolic OH excluding ortho intramolecular Hbond substituents is 5. The van der Waals surface area contributed by atoms with Crippen molar-refractivity contribution in [1.82, 2.24) is 0 Å². The van der Waals surface area contributed by atoms with Crippen LogP contribution in [0.15, 0.2) is 12.1 Å². The lowest BCUT2D eigenvalue weighted by molar-refractivity contribution is -0.240. The monoisotopic (exact) mass is 522 g/mol. The van der Waals surface area contributed by atoms with Crippen LogP contribution in [0.4, 0.5) is 0 Å². The van der Waals surface area contributed by atoms with Gasteiger partial charge in [0.1, 0.15) is 35.5 Å². The van der Waals surface area contributed by atoms with Gasteiger partial charge in [0.15, 0.2) is 23.0 Å². The summed E-state index contributed by atoms with van der Waals surface area (Å²) in [7, 11) is 0. The largest absolute Gasteiger partial charge is 0.507 e. The number of carbonyl (C=O) groups is 2. The molecule has 0 saturated carbocycles. The van der Waals surface area contributed by atoms with Crippen LogP contribution in [0.25, 0.3) is 0 Å². The molecule has 0 unspecified atom stereocenters. The first-order chi connectivity index (χ1) is 17.4. The molecule has 0 bridgehead atoms. The van der Waals surface area contributed by atoms with E-state index >= 15 is 0 Å². The molecule has 0 aliphatic carbocycles. The van der Waals surface area contributed by atoms with Crippen LogP contribution in [0.3, 0.4) is 0 Å². The summed E-state index contributed by atoms with van der Waals surface area (Å²) in [6.07, 6.45) is -5.14. The van der Waals surface area contributed by atoms with Crippen molar-refractivity contribution >= 4 is 11.8 Å². The SMILES string of the molecule is CCCC(=O)c1c(O)c(C)c(O)c(C)c1O[C@@H]1O[C@H](COC(=O)c2cc(O)c(O)c(O)c2)C[C@H](O)[C@H]1O. The Balaban J connectivity index is 1.81. The van der Waals surface area contributed by atoms with Gasteiger partial charge in [-0.1, -0.05) is 6.92 Å². The molecule has 2 aromatic carbocycles. The van der Waals surface area contributed by atoms with Crippen molar-refractivity contribution in [1.29, 1.82) is 0 Å². The van der Waals surface area contributed by atoms with Crippen LogP contribution in [0, 0.1) is 13.8 Å². The number of ether oxygens (including phenoxy) is 3. The quantitative estimate of drug-likeness (QED) is 0.151. The number of hydrogen-bond donors (Lipinski definition) is 7. The van der Waals surface area contributed by atoms with Crippen molar-refractivity contribution < 1.29 is 59.5 Å². The van der Waals surface area contributed by atoms with E-state index in [1.165, 1.54) is 13.8 Å². The second-order valence-electron chi connectivity index (χ2n) is 8.82. The van der Waals surface area contributed by atoms with Crippen LogP contribution in [0.2, 0.25) is 0 Å². The smallest absolute Gasteiger partial charge is 0.338 e. The first-order valence-corrected chi connectivity index (χ1v) is 11.6. The second-order valence-corrected chi connectivity index (χ2v) is 8.82. The Bertz CT molecular complexity index is 1170. The molecule has 1 fully saturated rings. The molecular weight excluding hydrogens is 492 g/mol. The highest BCUT2D eigenvalue weighted by Gasteiger charge is 2.40. The van der Waals surface area contributed by atoms with E-state index < -0.39 is 66.0 Å². The number of phenols is 5. The van der Waals surface area contributed by atoms with E-state index in [-0.39, 0.29) is 46.6 Å². The average molecular weight is 523 g/mol. The van der Waals surface area contributed by atoms with Crippen molar-refractivity contribution in [2.24, 2.45) is 0 Å². The predicted octanol–water partition coefficient (Wildman–Crippen LogP) is 1.89. The lowest BCUT2D eigenvalue weighted by Crippen LogP contribution is -2.52. The van der Waals surface area contributed by atoms with Gasteiger partial charge in [0.05, 0.1) is 17.8 Å². The molecule has 0 radical (unpaired) electrons. The fourth-order valence-electron chi connectivity index (χ4n) is 3.95. The van der Waals surface area contributed by atoms with Gasteiger partial charge in [0.25, 0.3) is 0 Å². The average Bonchev–Trinajstić information content (AvgIpc) is 2.85. The standard InChI is InChI=1S/C25H30O12/c1-4-5-14(26)18-20(31)10(2)19(30)11(3)23(18)37-25-22(33)17(29)8-13(36-25)9-35-24(34)12-6-15(27)21(32)16(28)7-12/h6-7,13,17,22,25,27-33H,4-5,8-9H2,1-3H3/t13-,17-,22+,25-/m0/s1. The Morgan fingerprint density at radius 2 is 1.59 bits per heavy atom. The summed E-state index contributed by atoms with van der Waals surface area (Å²) in [4.78, 5) is 25.1. The fourth-order valence-corrected chi connectivity index (χ4v) is 3.95. The lowest BCUT2D eigenvalue weighted by atomic mass is 9.97. The van der Waals surface area contributed by atoms with Crippen molar-refractivity contribution in [3.63, 3.8) is 0 Å². The summed E-state index contributed by atoms with van der Waals surface area (Å²) in [5.41, 5.74) is -0.274. The van der Waals surface area contributed by atoms with Crippen LogP contribution in [-0.4, -0.2) is 78.7 Å². The van der Waals surface area contributed by atoms with Gasteiger partial charge in [0, 0.05) is 24.0 Å². The third-order valence-electron chi connectivity index (χ3n) is 6.07. The number of aliphatic hydroxyl groups is 2. The number of ketones is 1. The van der Waals surface area contributed by atoms with Crippen molar-refractivity contribution in [2.75, 3.05) is 6.61 Å². The minimum absolute atomic E-state index is 0.0746. The Morgan fingerprint density at radius 1 is 0.973 bits per heavy atom. The van der Waals surface area contributed by atoms with Crippen molar-refractivity contribution in [3.05, 3.63) is 34.4 Å². The van der Waals surface area contributed by atoms with Crippen LogP contribution in [-0.2, 0) is 9.47 Å². The minimum Gasteiger partial charge on any atom is -0.507 e. The zero-order chi connectivity index (χ0) is 27.6. The maximum Gasteiger partial charge on any atom is 0.338 e. The summed E-state index contributed by atoms with van der Waals surface area (Å²) >= 11 is 0. The Labute approximate surface area is 211 Å². The number of aliphatic hydroxyl groups excluding tert-OH is 2. The number of hydrogen-bond acceptors (Lipinski definition) is 12. The molecule has 7 N–H and O–H groups in total. The molecule has 1 aliphatic heterocycles. The Morgan fingerprint density at radius 3 is 2.19 bits per heavy atom. The first-order valence-electron chi connectivity index (χ1n) is 11.6. The third-order valence-corrected chi connectivity index (χ3v) is 6.07. The number of aromatic hydroxyl groups is 5. The number of esters is 1. The van der Waals surface area contributed by atoms with Crippen LogP contribution in [0.5, 0.6) is 34.5 Å². The van der Waals surface area contributed by atoms with Gasteiger partial charge in [-0.3, -0.25) is 4.79 Å². The number of Topliss-reactive ketones (excluding diaryl/α,β-unsaturated/α-hetero) is 1. The highest BCUT2D eigenvalue weighted by Crippen LogP contribution is 2.43. The maximum absolute atomic E-state index is 12.8. The first kappa shape index (κ1) is 27.8. The summed E-state index contributed by atoms with van der Waals surface area (Å²) < 4.78 is 16.5. The molecule has 0 spiro atoms. The number of rotatable bonds is 8. The molecule has 1 heterocycles. The minimum atomic E-state index is -1.59. The highest BCUT2D eigenvalue weighted by molar-refractivity contribution is 6.02. The molecule has 12 heteroatoms. The summed E-state index contributed by atoms with van der Waals surface area (Å²) in [5.74, 6) is -4.73. The highest BCUT2D eigenvalue weighted by atomic mass is 16.7. The van der Waals surface area contributed by atoms with Crippen LogP contribution >= 0.6 is 0 Å². The molecule has 12 nitrogen and oxygen atoms in total. The molecular formula is C25H30O12. The molecule has 1 saturated heterocycles. The lowest BCUT2D eigenvalue weighted by Gasteiger charge is -2.37. The molecule has 202 valence electrons. The van der Waals surface area contributed by atoms with E-state index in [0.717, 1.165) is 12.1 Å². The van der Waals surface area contributed by atoms with Crippen LogP contribution < -0.4 is 4.74 Å². The second kappa shape index (κ2) is 11.1. The number of carbonyl (C=O) groups excluding carboxylic acids is 2. The topological polar surface area (TPSA) is 203 Å². The van der Waals surface area contributed by atoms with E-state index in [1.54, 1.807) is 6.92 Å². The Kier molecular flexibility index (Phi) is 8.36. The molecule has 3 rings (SSSR count). The molecule has 0 aromatic heterocycles. The Hall–Kier alpha value is -3.74. The van der Waals surface area contributed by atoms with Crippen LogP contribution in [0.1, 0.15) is 58.0 Å².